The molecule has 0 radical (unpaired) electrons. The normalized spacial score (nSPS) is 31.3. The summed E-state index contributed by atoms with van der Waals surface area (Å²) in [6.45, 7) is 5.18. The van der Waals surface area contributed by atoms with E-state index < -0.39 is 5.91 Å². The van der Waals surface area contributed by atoms with Crippen LogP contribution in [0.25, 0.3) is 11.1 Å². The number of carbonyl (C=O) groups is 1. The number of nitrogens with zero attached hydrogens (tertiary/aromatic N) is 4. The van der Waals surface area contributed by atoms with E-state index in [-0.39, 0.29) is 0 Å². The molecule has 3 fully saturated rings. The van der Waals surface area contributed by atoms with Crippen molar-refractivity contribution in [1.82, 2.24) is 14.8 Å². The van der Waals surface area contributed by atoms with Crippen molar-refractivity contribution >= 4 is 23.0 Å². The third kappa shape index (κ3) is 3.30. The monoisotopic (exact) mass is 397 g/mol. The fourth-order valence-corrected chi connectivity index (χ4v) is 5.75. The molecule has 7 nitrogen and oxygen atoms in total. The van der Waals surface area contributed by atoms with Crippen LogP contribution in [0.1, 0.15) is 49.4 Å². The van der Waals surface area contributed by atoms with Crippen molar-refractivity contribution in [1.29, 1.82) is 0 Å². The summed E-state index contributed by atoms with van der Waals surface area (Å²) in [5, 5.41) is 0. The maximum Gasteiger partial charge on any atom is 0.298 e. The molecule has 1 aromatic heterocycles. The van der Waals surface area contributed by atoms with Gasteiger partial charge in [-0.25, -0.2) is 0 Å². The van der Waals surface area contributed by atoms with Crippen LogP contribution in [0.5, 0.6) is 0 Å². The van der Waals surface area contributed by atoms with Crippen LogP contribution in [0, 0.1) is 0 Å². The first-order valence-corrected chi connectivity index (χ1v) is 10.9. The lowest BCUT2D eigenvalue weighted by molar-refractivity contribution is 0.00375. The topological polar surface area (TPSA) is 78.8 Å². The largest absolute Gasteiger partial charge is 0.423 e. The number of carbonyl (C=O) groups excluding carboxylic acids is 1. The molecule has 7 heteroatoms. The van der Waals surface area contributed by atoms with Crippen LogP contribution < -0.4 is 10.6 Å². The summed E-state index contributed by atoms with van der Waals surface area (Å²) < 4.78 is 6.01. The van der Waals surface area contributed by atoms with Crippen molar-refractivity contribution < 1.29 is 9.21 Å². The minimum atomic E-state index is -0.471. The van der Waals surface area contributed by atoms with Crippen LogP contribution in [0.4, 0.5) is 6.01 Å². The van der Waals surface area contributed by atoms with Crippen molar-refractivity contribution in [2.75, 3.05) is 31.6 Å². The fraction of sp³-hybridized carbons (Fsp3) is 0.636. The van der Waals surface area contributed by atoms with Crippen LogP contribution in [-0.4, -0.2) is 71.5 Å². The van der Waals surface area contributed by atoms with Gasteiger partial charge in [-0.05, 0) is 51.8 Å². The number of piperazine rings is 1. The zero-order chi connectivity index (χ0) is 20.1. The van der Waals surface area contributed by atoms with Gasteiger partial charge in [-0.2, -0.15) is 4.98 Å². The van der Waals surface area contributed by atoms with Crippen molar-refractivity contribution in [3.8, 4) is 0 Å². The summed E-state index contributed by atoms with van der Waals surface area (Å²) in [4.78, 5) is 23.9. The highest BCUT2D eigenvalue weighted by Crippen LogP contribution is 2.36. The Balaban J connectivity index is 1.31. The molecule has 3 atom stereocenters. The van der Waals surface area contributed by atoms with E-state index in [0.29, 0.717) is 34.8 Å². The minimum Gasteiger partial charge on any atom is -0.423 e. The lowest BCUT2D eigenvalue weighted by Crippen LogP contribution is -2.60. The highest BCUT2D eigenvalue weighted by molar-refractivity contribution is 6.03. The van der Waals surface area contributed by atoms with Crippen molar-refractivity contribution in [2.24, 2.45) is 5.73 Å². The van der Waals surface area contributed by atoms with Crippen LogP contribution in [-0.2, 0) is 0 Å². The van der Waals surface area contributed by atoms with Crippen LogP contribution in [0.3, 0.4) is 0 Å². The molecule has 2 N–H and O–H groups in total. The number of fused-ring (bicyclic) bond motifs is 3. The van der Waals surface area contributed by atoms with E-state index in [2.05, 4.69) is 33.7 Å². The Morgan fingerprint density at radius 1 is 1.17 bits per heavy atom. The van der Waals surface area contributed by atoms with Crippen molar-refractivity contribution in [3.63, 3.8) is 0 Å². The first-order chi connectivity index (χ1) is 14.0. The second kappa shape index (κ2) is 7.29. The molecule has 4 heterocycles. The average molecular weight is 398 g/mol. The van der Waals surface area contributed by atoms with Gasteiger partial charge in [0.25, 0.3) is 11.9 Å². The molecule has 5 rings (SSSR count). The van der Waals surface area contributed by atoms with Gasteiger partial charge in [-0.3, -0.25) is 9.69 Å². The van der Waals surface area contributed by atoms with E-state index in [4.69, 9.17) is 10.2 Å². The zero-order valence-electron chi connectivity index (χ0n) is 17.4. The summed E-state index contributed by atoms with van der Waals surface area (Å²) >= 11 is 0. The zero-order valence-corrected chi connectivity index (χ0v) is 17.4. The predicted octanol–water partition coefficient (Wildman–Crippen LogP) is 2.45. The number of para-hydroxylation sites is 1. The van der Waals surface area contributed by atoms with Gasteiger partial charge in [0.15, 0.2) is 5.58 Å². The molecular weight excluding hydrogens is 366 g/mol. The number of piperidine rings is 2. The number of aromatic nitrogens is 1. The molecule has 2 bridgehead atoms. The number of amides is 1. The Morgan fingerprint density at radius 3 is 2.62 bits per heavy atom. The number of nitrogens with two attached hydrogens (primary N) is 1. The predicted molar refractivity (Wildman–Crippen MR) is 113 cm³/mol. The number of hydrogen-bond donors (Lipinski definition) is 1. The number of hydrogen-bond acceptors (Lipinski definition) is 6. The van der Waals surface area contributed by atoms with E-state index in [9.17, 15) is 4.79 Å². The molecule has 29 heavy (non-hydrogen) atoms. The summed E-state index contributed by atoms with van der Waals surface area (Å²) in [6, 6.07) is 8.45. The first-order valence-electron chi connectivity index (χ1n) is 10.9. The Kier molecular flexibility index (Phi) is 4.75. The minimum absolute atomic E-state index is 0.313. The number of oxazole rings is 1. The van der Waals surface area contributed by atoms with Crippen molar-refractivity contribution in [3.05, 3.63) is 23.8 Å². The third-order valence-electron chi connectivity index (χ3n) is 7.41. The van der Waals surface area contributed by atoms with Crippen molar-refractivity contribution in [2.45, 2.75) is 63.2 Å². The third-order valence-corrected chi connectivity index (χ3v) is 7.41. The second-order valence-corrected chi connectivity index (χ2v) is 9.08. The number of primary amides is 1. The van der Waals surface area contributed by atoms with Gasteiger partial charge in [-0.1, -0.05) is 12.5 Å². The molecule has 2 unspecified atom stereocenters. The average Bonchev–Trinajstić information content (AvgIpc) is 3.11. The lowest BCUT2D eigenvalue weighted by atomic mass is 9.81. The van der Waals surface area contributed by atoms with Gasteiger partial charge in [0.05, 0.1) is 5.56 Å². The highest BCUT2D eigenvalue weighted by Gasteiger charge is 2.40. The molecular formula is C22H31N5O2. The maximum absolute atomic E-state index is 11.7. The Bertz CT molecular complexity index is 898. The van der Waals surface area contributed by atoms with Crippen LogP contribution >= 0.6 is 0 Å². The first kappa shape index (κ1) is 18.9. The molecule has 1 aromatic carbocycles. The lowest BCUT2D eigenvalue weighted by Gasteiger charge is -2.51. The molecule has 0 aliphatic carbocycles. The van der Waals surface area contributed by atoms with Gasteiger partial charge >= 0.3 is 0 Å². The molecule has 2 aromatic rings. The Hall–Kier alpha value is -2.12. The molecule has 156 valence electrons. The number of anilines is 1. The smallest absolute Gasteiger partial charge is 0.298 e. The van der Waals surface area contributed by atoms with E-state index in [1.807, 2.05) is 6.07 Å². The quantitative estimate of drug-likeness (QED) is 0.857. The molecule has 1 amide bonds. The second-order valence-electron chi connectivity index (χ2n) is 9.08. The van der Waals surface area contributed by atoms with Gasteiger partial charge in [0.2, 0.25) is 0 Å². The number of benzene rings is 1. The van der Waals surface area contributed by atoms with E-state index in [1.54, 1.807) is 12.1 Å². The van der Waals surface area contributed by atoms with Crippen LogP contribution in [0.2, 0.25) is 0 Å². The van der Waals surface area contributed by atoms with E-state index in [1.165, 1.54) is 32.1 Å². The molecule has 3 saturated heterocycles. The van der Waals surface area contributed by atoms with Gasteiger partial charge in [0.1, 0.15) is 5.52 Å². The molecule has 0 spiro atoms. The van der Waals surface area contributed by atoms with Gasteiger partial charge < -0.3 is 20.0 Å². The summed E-state index contributed by atoms with van der Waals surface area (Å²) in [6.07, 6.45) is 6.69. The SMILES string of the molecule is C[C@H]1CN(C2CC3CCCC(C2)N3C)CCN1c1nc2c(C(N)=O)cccc2o1. The van der Waals surface area contributed by atoms with E-state index in [0.717, 1.165) is 31.7 Å². The maximum atomic E-state index is 11.7. The van der Waals surface area contributed by atoms with Gasteiger partial charge in [-0.15, -0.1) is 0 Å². The van der Waals surface area contributed by atoms with Crippen LogP contribution in [0.15, 0.2) is 22.6 Å². The highest BCUT2D eigenvalue weighted by atomic mass is 16.4. The summed E-state index contributed by atoms with van der Waals surface area (Å²) in [5.74, 6) is -0.471. The van der Waals surface area contributed by atoms with E-state index >= 15 is 0 Å². The molecule has 3 aliphatic heterocycles. The van der Waals surface area contributed by atoms with Gasteiger partial charge in [0, 0.05) is 43.8 Å². The molecule has 3 aliphatic rings. The summed E-state index contributed by atoms with van der Waals surface area (Å²) in [5.41, 5.74) is 7.10. The fourth-order valence-electron chi connectivity index (χ4n) is 5.75. The number of rotatable bonds is 3. The Morgan fingerprint density at radius 2 is 1.93 bits per heavy atom. The standard InChI is InChI=1S/C22H31N5O2/c1-14-13-26(17-11-15-5-3-6-16(12-17)25(15)2)9-10-27(14)22-24-20-18(21(23)28)7-4-8-19(20)29-22/h4,7-8,14-17H,3,5-6,9-13H2,1-2H3,(H2,23,28)/t14-,15?,16?,17?/m0/s1. The summed E-state index contributed by atoms with van der Waals surface area (Å²) in [7, 11) is 2.32. The Labute approximate surface area is 171 Å². The molecule has 0 saturated carbocycles.